The zero-order valence-electron chi connectivity index (χ0n) is 15.1. The number of nitrogens with zero attached hydrogens (tertiary/aromatic N) is 2. The van der Waals surface area contributed by atoms with Gasteiger partial charge in [0.05, 0.1) is 22.9 Å². The molecule has 1 aromatic heterocycles. The Balaban J connectivity index is 0.000000221. The van der Waals surface area contributed by atoms with Crippen LogP contribution in [0.1, 0.15) is 28.8 Å². The number of hydrogen-bond acceptors (Lipinski definition) is 5. The minimum Gasteiger partial charge on any atom is -0.370 e. The van der Waals surface area contributed by atoms with Crippen molar-refractivity contribution in [2.45, 2.75) is 31.5 Å². The van der Waals surface area contributed by atoms with E-state index in [2.05, 4.69) is 0 Å². The fraction of sp³-hybridized carbons (Fsp3) is 0.368. The smallest absolute Gasteiger partial charge is 0.370 e. The van der Waals surface area contributed by atoms with E-state index in [-0.39, 0.29) is 5.56 Å². The highest BCUT2D eigenvalue weighted by molar-refractivity contribution is 7.09. The number of hydrogen-bond donors (Lipinski definition) is 2. The standard InChI is InChI=1S/C12H11F3N2.C7H10N2OS/c13-12(14,15)10-3-4-11(9(7-10)8-16)17-5-1-2-6-17;8-6(7(9)10)4-5-2-1-3-11-5/h3-4,7H,1-2,5-6H2;1-3,6H,4,8H2,(H2,9,10)/t;6-/m.0/s1. The minimum atomic E-state index is -4.39. The maximum absolute atomic E-state index is 12.5. The van der Waals surface area contributed by atoms with Crippen molar-refractivity contribution in [3.05, 3.63) is 51.7 Å². The van der Waals surface area contributed by atoms with E-state index in [4.69, 9.17) is 16.7 Å². The second kappa shape index (κ2) is 9.57. The zero-order chi connectivity index (χ0) is 20.7. The summed E-state index contributed by atoms with van der Waals surface area (Å²) in [6.45, 7) is 1.61. The minimum absolute atomic E-state index is 0.0988. The molecule has 0 spiro atoms. The van der Waals surface area contributed by atoms with Gasteiger partial charge in [-0.25, -0.2) is 0 Å². The van der Waals surface area contributed by atoms with E-state index in [1.54, 1.807) is 11.3 Å². The normalized spacial score (nSPS) is 14.8. The third-order valence-electron chi connectivity index (χ3n) is 4.26. The van der Waals surface area contributed by atoms with E-state index in [0.717, 1.165) is 42.9 Å². The van der Waals surface area contributed by atoms with Gasteiger partial charge in [0.15, 0.2) is 0 Å². The molecule has 28 heavy (non-hydrogen) atoms. The average Bonchev–Trinajstić information content (AvgIpc) is 3.34. The van der Waals surface area contributed by atoms with Crippen LogP contribution in [-0.4, -0.2) is 25.0 Å². The number of anilines is 1. The van der Waals surface area contributed by atoms with Gasteiger partial charge in [-0.15, -0.1) is 11.3 Å². The number of alkyl halides is 3. The molecule has 2 aromatic rings. The molecule has 1 saturated heterocycles. The van der Waals surface area contributed by atoms with Crippen LogP contribution in [0.5, 0.6) is 0 Å². The molecule has 1 aliphatic rings. The van der Waals surface area contributed by atoms with Crippen LogP contribution in [0.15, 0.2) is 35.7 Å². The van der Waals surface area contributed by atoms with Crippen molar-refractivity contribution < 1.29 is 18.0 Å². The number of nitrogens with two attached hydrogens (primary N) is 2. The van der Waals surface area contributed by atoms with Crippen LogP contribution in [0.2, 0.25) is 0 Å². The highest BCUT2D eigenvalue weighted by Crippen LogP contribution is 2.33. The van der Waals surface area contributed by atoms with Crippen LogP contribution < -0.4 is 16.4 Å². The van der Waals surface area contributed by atoms with Crippen molar-refractivity contribution in [2.75, 3.05) is 18.0 Å². The summed E-state index contributed by atoms with van der Waals surface area (Å²) in [4.78, 5) is 13.6. The van der Waals surface area contributed by atoms with Crippen molar-refractivity contribution in [1.29, 1.82) is 5.26 Å². The van der Waals surface area contributed by atoms with Crippen molar-refractivity contribution in [3.8, 4) is 6.07 Å². The summed E-state index contributed by atoms with van der Waals surface area (Å²) >= 11 is 1.58. The Morgan fingerprint density at radius 2 is 1.96 bits per heavy atom. The summed E-state index contributed by atoms with van der Waals surface area (Å²) in [6, 6.07) is 8.51. The molecule has 3 rings (SSSR count). The van der Waals surface area contributed by atoms with Crippen molar-refractivity contribution in [2.24, 2.45) is 11.5 Å². The van der Waals surface area contributed by atoms with Gasteiger partial charge in [-0.3, -0.25) is 4.79 Å². The van der Waals surface area contributed by atoms with Crippen LogP contribution in [0.3, 0.4) is 0 Å². The summed E-state index contributed by atoms with van der Waals surface area (Å²) in [5.74, 6) is -0.446. The lowest BCUT2D eigenvalue weighted by atomic mass is 10.1. The second-order valence-corrected chi connectivity index (χ2v) is 7.36. The van der Waals surface area contributed by atoms with Crippen LogP contribution in [-0.2, 0) is 17.4 Å². The summed E-state index contributed by atoms with van der Waals surface area (Å²) < 4.78 is 37.5. The molecule has 9 heteroatoms. The Hall–Kier alpha value is -2.57. The fourth-order valence-corrected chi connectivity index (χ4v) is 3.55. The quantitative estimate of drug-likeness (QED) is 0.808. The third-order valence-corrected chi connectivity index (χ3v) is 5.16. The summed E-state index contributed by atoms with van der Waals surface area (Å²) in [5.41, 5.74) is 10.4. The molecule has 1 atom stereocenters. The maximum atomic E-state index is 12.5. The predicted molar refractivity (Wildman–Crippen MR) is 103 cm³/mol. The maximum Gasteiger partial charge on any atom is 0.416 e. The van der Waals surface area contributed by atoms with Crippen molar-refractivity contribution >= 4 is 22.9 Å². The number of halogens is 3. The number of thiophene rings is 1. The number of benzene rings is 1. The average molecular weight is 410 g/mol. The molecule has 2 heterocycles. The zero-order valence-corrected chi connectivity index (χ0v) is 15.9. The van der Waals surface area contributed by atoms with Gasteiger partial charge in [0, 0.05) is 24.4 Å². The van der Waals surface area contributed by atoms with Crippen LogP contribution in [0, 0.1) is 11.3 Å². The molecule has 1 fully saturated rings. The van der Waals surface area contributed by atoms with E-state index < -0.39 is 23.7 Å². The molecule has 1 aromatic carbocycles. The lowest BCUT2D eigenvalue weighted by molar-refractivity contribution is -0.137. The Kier molecular flexibility index (Phi) is 7.43. The first-order valence-corrected chi connectivity index (χ1v) is 9.54. The Morgan fingerprint density at radius 3 is 2.46 bits per heavy atom. The van der Waals surface area contributed by atoms with E-state index in [0.29, 0.717) is 12.1 Å². The van der Waals surface area contributed by atoms with E-state index in [1.807, 2.05) is 28.5 Å². The molecule has 1 amide bonds. The molecular formula is C19H21F3N4OS. The Bertz CT molecular complexity index is 825. The van der Waals surface area contributed by atoms with E-state index >= 15 is 0 Å². The number of nitriles is 1. The topological polar surface area (TPSA) is 96.1 Å². The molecule has 1 aliphatic heterocycles. The van der Waals surface area contributed by atoms with Crippen LogP contribution in [0.4, 0.5) is 18.9 Å². The predicted octanol–water partition coefficient (Wildman–Crippen LogP) is 3.28. The molecule has 0 radical (unpaired) electrons. The number of primary amides is 1. The fourth-order valence-electron chi connectivity index (χ4n) is 2.78. The second-order valence-electron chi connectivity index (χ2n) is 6.33. The molecule has 0 aliphatic carbocycles. The SMILES string of the molecule is N#Cc1cc(C(F)(F)F)ccc1N1CCCC1.NC(=O)[C@@H](N)Cc1cccs1. The first-order valence-electron chi connectivity index (χ1n) is 8.66. The molecule has 4 N–H and O–H groups in total. The lowest BCUT2D eigenvalue weighted by Crippen LogP contribution is -2.37. The molecule has 0 saturated carbocycles. The number of carbonyl (C=O) groups is 1. The first-order chi connectivity index (χ1) is 13.2. The summed E-state index contributed by atoms with van der Waals surface area (Å²) in [7, 11) is 0. The van der Waals surface area contributed by atoms with Gasteiger partial charge in [0.25, 0.3) is 0 Å². The van der Waals surface area contributed by atoms with Gasteiger partial charge >= 0.3 is 6.18 Å². The Morgan fingerprint density at radius 1 is 1.29 bits per heavy atom. The Labute approximate surface area is 165 Å². The number of carbonyl (C=O) groups excluding carboxylic acids is 1. The molecule has 0 unspecified atom stereocenters. The van der Waals surface area contributed by atoms with E-state index in [1.165, 1.54) is 6.07 Å². The van der Waals surface area contributed by atoms with Gasteiger partial charge in [0.1, 0.15) is 6.07 Å². The third kappa shape index (κ3) is 5.97. The lowest BCUT2D eigenvalue weighted by Gasteiger charge is -2.19. The highest BCUT2D eigenvalue weighted by atomic mass is 32.1. The molecule has 150 valence electrons. The largest absolute Gasteiger partial charge is 0.416 e. The molecule has 0 bridgehead atoms. The number of amides is 1. The van der Waals surface area contributed by atoms with Gasteiger partial charge < -0.3 is 16.4 Å². The number of rotatable bonds is 4. The van der Waals surface area contributed by atoms with Gasteiger partial charge in [-0.05, 0) is 42.5 Å². The van der Waals surface area contributed by atoms with E-state index in [9.17, 15) is 18.0 Å². The van der Waals surface area contributed by atoms with Crippen molar-refractivity contribution in [1.82, 2.24) is 0 Å². The van der Waals surface area contributed by atoms with Gasteiger partial charge in [0.2, 0.25) is 5.91 Å². The van der Waals surface area contributed by atoms with Crippen molar-refractivity contribution in [3.63, 3.8) is 0 Å². The molecule has 5 nitrogen and oxygen atoms in total. The van der Waals surface area contributed by atoms with Crippen LogP contribution >= 0.6 is 11.3 Å². The van der Waals surface area contributed by atoms with Gasteiger partial charge in [-0.2, -0.15) is 18.4 Å². The molecular weight excluding hydrogens is 389 g/mol. The first kappa shape index (κ1) is 21.7. The highest BCUT2D eigenvalue weighted by Gasteiger charge is 2.31. The summed E-state index contributed by atoms with van der Waals surface area (Å²) in [5, 5.41) is 10.9. The van der Waals surface area contributed by atoms with Crippen LogP contribution in [0.25, 0.3) is 0 Å². The van der Waals surface area contributed by atoms with Gasteiger partial charge in [-0.1, -0.05) is 6.07 Å². The summed E-state index contributed by atoms with van der Waals surface area (Å²) in [6.07, 6.45) is -1.81. The monoisotopic (exact) mass is 410 g/mol.